The van der Waals surface area contributed by atoms with Crippen LogP contribution in [0.5, 0.6) is 0 Å². The third kappa shape index (κ3) is 4.42. The largest absolute Gasteiger partial charge is 0.452 e. The lowest BCUT2D eigenvalue weighted by Gasteiger charge is -2.10. The van der Waals surface area contributed by atoms with E-state index in [0.717, 1.165) is 24.0 Å². The van der Waals surface area contributed by atoms with Crippen LogP contribution in [0, 0.1) is 0 Å². The van der Waals surface area contributed by atoms with Crippen molar-refractivity contribution in [2.75, 3.05) is 6.61 Å². The zero-order chi connectivity index (χ0) is 16.1. The minimum Gasteiger partial charge on any atom is -0.452 e. The normalized spacial score (nSPS) is 13.4. The van der Waals surface area contributed by atoms with E-state index >= 15 is 0 Å². The van der Waals surface area contributed by atoms with Gasteiger partial charge < -0.3 is 10.1 Å². The summed E-state index contributed by atoms with van der Waals surface area (Å²) < 4.78 is 5.15. The first-order valence-electron chi connectivity index (χ1n) is 7.80. The number of carbonyl (C=O) groups excluding carboxylic acids is 2. The highest BCUT2D eigenvalue weighted by Gasteiger charge is 2.24. The lowest BCUT2D eigenvalue weighted by atomic mass is 10.00. The molecule has 0 atom stereocenters. The van der Waals surface area contributed by atoms with Crippen LogP contribution in [0.2, 0.25) is 0 Å². The number of nitrogens with one attached hydrogen (secondary N) is 1. The summed E-state index contributed by atoms with van der Waals surface area (Å²) in [4.78, 5) is 23.9. The maximum Gasteiger partial charge on any atom is 0.338 e. The van der Waals surface area contributed by atoms with Crippen LogP contribution in [0.1, 0.15) is 34.3 Å². The van der Waals surface area contributed by atoms with Crippen LogP contribution in [0.4, 0.5) is 0 Å². The first kappa shape index (κ1) is 15.3. The highest BCUT2D eigenvalue weighted by molar-refractivity contribution is 5.92. The highest BCUT2D eigenvalue weighted by atomic mass is 16.5. The third-order valence-electron chi connectivity index (χ3n) is 3.75. The van der Waals surface area contributed by atoms with E-state index in [1.54, 1.807) is 12.1 Å². The Labute approximate surface area is 135 Å². The molecule has 2 aromatic rings. The van der Waals surface area contributed by atoms with Crippen molar-refractivity contribution in [3.05, 3.63) is 71.3 Å². The van der Waals surface area contributed by atoms with Crippen molar-refractivity contribution >= 4 is 11.9 Å². The first-order chi connectivity index (χ1) is 11.2. The minimum absolute atomic E-state index is 0.227. The molecule has 0 bridgehead atoms. The summed E-state index contributed by atoms with van der Waals surface area (Å²) in [6.07, 6.45) is 2.68. The predicted octanol–water partition coefficient (Wildman–Crippen LogP) is 2.71. The molecule has 4 heteroatoms. The number of benzene rings is 2. The predicted molar refractivity (Wildman–Crippen MR) is 87.1 cm³/mol. The fourth-order valence-electron chi connectivity index (χ4n) is 2.40. The van der Waals surface area contributed by atoms with Gasteiger partial charge in [-0.2, -0.15) is 0 Å². The Bertz CT molecular complexity index is 693. The Hall–Kier alpha value is -2.62. The number of hydrogen-bond acceptors (Lipinski definition) is 3. The summed E-state index contributed by atoms with van der Waals surface area (Å²) in [7, 11) is 0. The highest BCUT2D eigenvalue weighted by Crippen LogP contribution is 2.18. The standard InChI is InChI=1S/C19H19NO3/c21-18(20-16-10-11-16)13-23-19(22)17-9-5-4-8-15(17)12-14-6-2-1-3-7-14/h1-9,16H,10-13H2,(H,20,21). The molecule has 0 radical (unpaired) electrons. The molecule has 1 aliphatic carbocycles. The Kier molecular flexibility index (Phi) is 4.71. The van der Waals surface area contributed by atoms with Crippen molar-refractivity contribution < 1.29 is 14.3 Å². The molecule has 0 saturated heterocycles. The van der Waals surface area contributed by atoms with Gasteiger partial charge in [-0.25, -0.2) is 4.79 Å². The average molecular weight is 309 g/mol. The van der Waals surface area contributed by atoms with Gasteiger partial charge in [0.1, 0.15) is 0 Å². The molecule has 0 heterocycles. The van der Waals surface area contributed by atoms with E-state index in [1.165, 1.54) is 0 Å². The van der Waals surface area contributed by atoms with Gasteiger partial charge in [0.25, 0.3) is 5.91 Å². The van der Waals surface area contributed by atoms with Crippen molar-refractivity contribution in [1.82, 2.24) is 5.32 Å². The lowest BCUT2D eigenvalue weighted by molar-refractivity contribution is -0.124. The molecule has 2 aromatic carbocycles. The maximum absolute atomic E-state index is 12.3. The smallest absolute Gasteiger partial charge is 0.338 e. The number of amides is 1. The van der Waals surface area contributed by atoms with Gasteiger partial charge in [0.15, 0.2) is 6.61 Å². The minimum atomic E-state index is -0.456. The Morgan fingerprint density at radius 3 is 2.43 bits per heavy atom. The molecule has 0 aliphatic heterocycles. The number of carbonyl (C=O) groups is 2. The van der Waals surface area contributed by atoms with Gasteiger partial charge in [0.2, 0.25) is 0 Å². The molecule has 0 aromatic heterocycles. The van der Waals surface area contributed by atoms with E-state index in [9.17, 15) is 9.59 Å². The lowest BCUT2D eigenvalue weighted by Crippen LogP contribution is -2.30. The molecule has 1 amide bonds. The van der Waals surface area contributed by atoms with Crippen molar-refractivity contribution in [1.29, 1.82) is 0 Å². The molecular formula is C19H19NO3. The number of ether oxygens (including phenoxy) is 1. The zero-order valence-electron chi connectivity index (χ0n) is 12.8. The summed E-state index contributed by atoms with van der Waals surface area (Å²) in [6.45, 7) is -0.227. The molecule has 1 N–H and O–H groups in total. The van der Waals surface area contributed by atoms with E-state index in [1.807, 2.05) is 42.5 Å². The van der Waals surface area contributed by atoms with Gasteiger partial charge in [0, 0.05) is 6.04 Å². The van der Waals surface area contributed by atoms with Gasteiger partial charge in [0.05, 0.1) is 5.56 Å². The van der Waals surface area contributed by atoms with Crippen LogP contribution < -0.4 is 5.32 Å². The van der Waals surface area contributed by atoms with E-state index in [0.29, 0.717) is 12.0 Å². The fraction of sp³-hybridized carbons (Fsp3) is 0.263. The fourth-order valence-corrected chi connectivity index (χ4v) is 2.40. The summed E-state index contributed by atoms with van der Waals surface area (Å²) in [5.41, 5.74) is 2.53. The quantitative estimate of drug-likeness (QED) is 0.835. The second kappa shape index (κ2) is 7.09. The molecule has 1 fully saturated rings. The van der Waals surface area contributed by atoms with Crippen molar-refractivity contribution in [2.24, 2.45) is 0 Å². The van der Waals surface area contributed by atoms with Gasteiger partial charge >= 0.3 is 5.97 Å². The van der Waals surface area contributed by atoms with Crippen molar-refractivity contribution in [3.8, 4) is 0 Å². The third-order valence-corrected chi connectivity index (χ3v) is 3.75. The summed E-state index contributed by atoms with van der Waals surface area (Å²) >= 11 is 0. The second-order valence-electron chi connectivity index (χ2n) is 5.74. The molecule has 0 unspecified atom stereocenters. The van der Waals surface area contributed by atoms with Crippen LogP contribution in [-0.4, -0.2) is 24.5 Å². The summed E-state index contributed by atoms with van der Waals surface area (Å²) in [5, 5.41) is 2.80. The van der Waals surface area contributed by atoms with Crippen LogP contribution in [0.3, 0.4) is 0 Å². The van der Waals surface area contributed by atoms with E-state index < -0.39 is 5.97 Å². The van der Waals surface area contributed by atoms with Crippen LogP contribution in [0.15, 0.2) is 54.6 Å². The molecule has 0 spiro atoms. The second-order valence-corrected chi connectivity index (χ2v) is 5.74. The molecule has 23 heavy (non-hydrogen) atoms. The van der Waals surface area contributed by atoms with Gasteiger partial charge in [-0.3, -0.25) is 4.79 Å². The Balaban J connectivity index is 1.64. The van der Waals surface area contributed by atoms with Crippen molar-refractivity contribution in [2.45, 2.75) is 25.3 Å². The van der Waals surface area contributed by atoms with Crippen LogP contribution >= 0.6 is 0 Å². The number of rotatable bonds is 6. The Morgan fingerprint density at radius 1 is 1.00 bits per heavy atom. The van der Waals surface area contributed by atoms with Gasteiger partial charge in [-0.1, -0.05) is 48.5 Å². The SMILES string of the molecule is O=C(COC(=O)c1ccccc1Cc1ccccc1)NC1CC1. The van der Waals surface area contributed by atoms with E-state index in [2.05, 4.69) is 5.32 Å². The number of esters is 1. The van der Waals surface area contributed by atoms with E-state index in [-0.39, 0.29) is 18.6 Å². The van der Waals surface area contributed by atoms with E-state index in [4.69, 9.17) is 4.74 Å². The van der Waals surface area contributed by atoms with Gasteiger partial charge in [-0.15, -0.1) is 0 Å². The topological polar surface area (TPSA) is 55.4 Å². The Morgan fingerprint density at radius 2 is 1.70 bits per heavy atom. The van der Waals surface area contributed by atoms with Crippen LogP contribution in [-0.2, 0) is 16.0 Å². The van der Waals surface area contributed by atoms with Gasteiger partial charge in [-0.05, 0) is 36.5 Å². The molecule has 4 nitrogen and oxygen atoms in total. The van der Waals surface area contributed by atoms with Crippen molar-refractivity contribution in [3.63, 3.8) is 0 Å². The molecular weight excluding hydrogens is 290 g/mol. The molecule has 1 aliphatic rings. The monoisotopic (exact) mass is 309 g/mol. The number of hydrogen-bond donors (Lipinski definition) is 1. The molecule has 3 rings (SSSR count). The summed E-state index contributed by atoms with van der Waals surface area (Å²) in [5.74, 6) is -0.691. The zero-order valence-corrected chi connectivity index (χ0v) is 12.8. The maximum atomic E-state index is 12.3. The summed E-state index contributed by atoms with van der Waals surface area (Å²) in [6, 6.07) is 17.6. The molecule has 1 saturated carbocycles. The first-order valence-corrected chi connectivity index (χ1v) is 7.80. The molecule has 118 valence electrons. The van der Waals surface area contributed by atoms with Crippen LogP contribution in [0.25, 0.3) is 0 Å². The average Bonchev–Trinajstić information content (AvgIpc) is 3.38.